The highest BCUT2D eigenvalue weighted by Gasteiger charge is 2.33. The fourth-order valence-corrected chi connectivity index (χ4v) is 4.91. The first-order chi connectivity index (χ1) is 18.0. The zero-order chi connectivity index (χ0) is 26.0. The molecular formula is C28H37N3O6. The minimum atomic E-state index is -0.587. The Bertz CT molecular complexity index is 1020. The van der Waals surface area contributed by atoms with Gasteiger partial charge >= 0.3 is 0 Å². The Morgan fingerprint density at radius 3 is 2.43 bits per heavy atom. The van der Waals surface area contributed by atoms with E-state index >= 15 is 0 Å². The van der Waals surface area contributed by atoms with E-state index in [-0.39, 0.29) is 37.6 Å². The molecule has 0 spiro atoms. The molecule has 4 rings (SSSR count). The SMILES string of the molecule is O=C(CCCC(=O)Nc1cccc([C@H]2O[C@@H](CN3CCCCC3)C[C@@H](c3ccc(CO)cc3)O2)c1)NO. The van der Waals surface area contributed by atoms with E-state index < -0.39 is 12.2 Å². The first kappa shape index (κ1) is 27.2. The molecule has 0 unspecified atom stereocenters. The number of rotatable bonds is 10. The minimum absolute atomic E-state index is 0.00225. The highest BCUT2D eigenvalue weighted by Crippen LogP contribution is 2.38. The standard InChI is InChI=1S/C28H37N3O6/c32-19-20-10-12-21(13-11-20)25-17-24(18-31-14-2-1-3-15-31)36-28(37-25)22-6-4-7-23(16-22)29-26(33)8-5-9-27(34)30-35/h4,6-7,10-13,16,24-25,28,32,35H,1-3,5,8-9,14-15,17-19H2,(H,29,33)(H,30,34)/t24-,25+,28+/m1/s1. The second-order valence-corrected chi connectivity index (χ2v) is 9.77. The van der Waals surface area contributed by atoms with Gasteiger partial charge < -0.3 is 24.8 Å². The van der Waals surface area contributed by atoms with Crippen molar-refractivity contribution in [3.05, 3.63) is 65.2 Å². The monoisotopic (exact) mass is 511 g/mol. The molecule has 2 aliphatic rings. The Labute approximate surface area is 217 Å². The number of likely N-dealkylation sites (tertiary alicyclic amines) is 1. The van der Waals surface area contributed by atoms with Gasteiger partial charge in [0.05, 0.1) is 18.8 Å². The van der Waals surface area contributed by atoms with Crippen molar-refractivity contribution in [1.29, 1.82) is 0 Å². The van der Waals surface area contributed by atoms with E-state index in [0.29, 0.717) is 12.1 Å². The lowest BCUT2D eigenvalue weighted by molar-refractivity contribution is -0.253. The average molecular weight is 512 g/mol. The third-order valence-corrected chi connectivity index (χ3v) is 6.90. The molecule has 2 heterocycles. The number of hydrogen-bond acceptors (Lipinski definition) is 7. The lowest BCUT2D eigenvalue weighted by atomic mass is 9.99. The summed E-state index contributed by atoms with van der Waals surface area (Å²) in [5.41, 5.74) is 4.92. The van der Waals surface area contributed by atoms with Gasteiger partial charge in [0.2, 0.25) is 11.8 Å². The van der Waals surface area contributed by atoms with Gasteiger partial charge in [-0.2, -0.15) is 0 Å². The van der Waals surface area contributed by atoms with E-state index in [1.54, 1.807) is 11.5 Å². The molecule has 0 aliphatic carbocycles. The maximum atomic E-state index is 12.3. The molecule has 0 bridgehead atoms. The van der Waals surface area contributed by atoms with E-state index in [0.717, 1.165) is 42.7 Å². The number of carbonyl (C=O) groups is 2. The number of anilines is 1. The van der Waals surface area contributed by atoms with E-state index in [2.05, 4.69) is 10.2 Å². The number of nitrogens with zero attached hydrogens (tertiary/aromatic N) is 1. The summed E-state index contributed by atoms with van der Waals surface area (Å²) in [6, 6.07) is 15.3. The lowest BCUT2D eigenvalue weighted by Gasteiger charge is -2.39. The van der Waals surface area contributed by atoms with Gasteiger partial charge in [-0.25, -0.2) is 5.48 Å². The normalized spacial score (nSPS) is 22.4. The van der Waals surface area contributed by atoms with E-state index in [1.807, 2.05) is 42.5 Å². The number of ether oxygens (including phenoxy) is 2. The van der Waals surface area contributed by atoms with Crippen LogP contribution in [0.25, 0.3) is 0 Å². The van der Waals surface area contributed by atoms with Crippen LogP contribution in [0.3, 0.4) is 0 Å². The molecule has 2 amide bonds. The van der Waals surface area contributed by atoms with Gasteiger partial charge in [0.15, 0.2) is 6.29 Å². The van der Waals surface area contributed by atoms with Crippen LogP contribution in [-0.2, 0) is 25.7 Å². The van der Waals surface area contributed by atoms with Gasteiger partial charge in [0.25, 0.3) is 0 Å². The van der Waals surface area contributed by atoms with Crippen LogP contribution in [0.1, 0.15) is 74.0 Å². The molecule has 37 heavy (non-hydrogen) atoms. The number of carbonyl (C=O) groups excluding carboxylic acids is 2. The summed E-state index contributed by atoms with van der Waals surface area (Å²) in [6.45, 7) is 3.02. The number of aliphatic hydroxyl groups is 1. The average Bonchev–Trinajstić information content (AvgIpc) is 2.93. The van der Waals surface area contributed by atoms with Crippen molar-refractivity contribution in [3.8, 4) is 0 Å². The number of nitrogens with one attached hydrogen (secondary N) is 2. The zero-order valence-corrected chi connectivity index (χ0v) is 21.1. The van der Waals surface area contributed by atoms with Crippen molar-refractivity contribution in [2.24, 2.45) is 0 Å². The summed E-state index contributed by atoms with van der Waals surface area (Å²) >= 11 is 0. The van der Waals surface area contributed by atoms with Gasteiger partial charge in [-0.3, -0.25) is 14.8 Å². The van der Waals surface area contributed by atoms with Gasteiger partial charge in [-0.15, -0.1) is 0 Å². The maximum absolute atomic E-state index is 12.3. The van der Waals surface area contributed by atoms with Gasteiger partial charge in [-0.05, 0) is 55.6 Å². The Balaban J connectivity index is 1.45. The molecule has 9 heteroatoms. The molecule has 2 fully saturated rings. The molecule has 2 aromatic carbocycles. The summed E-state index contributed by atoms with van der Waals surface area (Å²) in [6.07, 6.45) is 4.27. The van der Waals surface area contributed by atoms with Gasteiger partial charge in [0.1, 0.15) is 0 Å². The van der Waals surface area contributed by atoms with Crippen LogP contribution in [0, 0.1) is 0 Å². The third-order valence-electron chi connectivity index (χ3n) is 6.90. The second-order valence-electron chi connectivity index (χ2n) is 9.77. The molecule has 4 N–H and O–H groups in total. The highest BCUT2D eigenvalue weighted by molar-refractivity contribution is 5.91. The smallest absolute Gasteiger partial charge is 0.243 e. The molecule has 9 nitrogen and oxygen atoms in total. The van der Waals surface area contributed by atoms with Crippen molar-refractivity contribution in [2.45, 2.75) is 70.1 Å². The number of hydrogen-bond donors (Lipinski definition) is 4. The lowest BCUT2D eigenvalue weighted by Crippen LogP contribution is -2.41. The molecule has 3 atom stereocenters. The van der Waals surface area contributed by atoms with E-state index in [4.69, 9.17) is 14.7 Å². The van der Waals surface area contributed by atoms with Gasteiger partial charge in [-0.1, -0.05) is 42.8 Å². The molecule has 0 saturated carbocycles. The fraction of sp³-hybridized carbons (Fsp3) is 0.500. The van der Waals surface area contributed by atoms with Crippen molar-refractivity contribution < 1.29 is 29.4 Å². The summed E-state index contributed by atoms with van der Waals surface area (Å²) in [5.74, 6) is -0.723. The summed E-state index contributed by atoms with van der Waals surface area (Å²) < 4.78 is 12.9. The Kier molecular flexibility index (Phi) is 10.0. The topological polar surface area (TPSA) is 120 Å². The predicted molar refractivity (Wildman–Crippen MR) is 138 cm³/mol. The third kappa shape index (κ3) is 8.08. The van der Waals surface area contributed by atoms with Crippen molar-refractivity contribution in [2.75, 3.05) is 25.0 Å². The van der Waals surface area contributed by atoms with Crippen LogP contribution in [0.15, 0.2) is 48.5 Å². The molecule has 200 valence electrons. The summed E-state index contributed by atoms with van der Waals surface area (Å²) in [4.78, 5) is 26.0. The number of benzene rings is 2. The zero-order valence-electron chi connectivity index (χ0n) is 21.1. The number of amides is 2. The Morgan fingerprint density at radius 1 is 0.946 bits per heavy atom. The molecule has 2 aromatic rings. The number of hydroxylamine groups is 1. The molecule has 0 radical (unpaired) electrons. The Hall–Kier alpha value is -2.82. The van der Waals surface area contributed by atoms with Crippen LogP contribution in [0.2, 0.25) is 0 Å². The predicted octanol–water partition coefficient (Wildman–Crippen LogP) is 3.82. The molecule has 2 aliphatic heterocycles. The quantitative estimate of drug-likeness (QED) is 0.283. The van der Waals surface area contributed by atoms with Crippen LogP contribution in [-0.4, -0.2) is 52.8 Å². The number of aliphatic hydroxyl groups excluding tert-OH is 1. The van der Waals surface area contributed by atoms with Gasteiger partial charge in [0, 0.05) is 37.1 Å². The minimum Gasteiger partial charge on any atom is -0.392 e. The van der Waals surface area contributed by atoms with Crippen LogP contribution in [0.5, 0.6) is 0 Å². The fourth-order valence-electron chi connectivity index (χ4n) is 4.91. The first-order valence-electron chi connectivity index (χ1n) is 13.1. The summed E-state index contributed by atoms with van der Waals surface area (Å²) in [7, 11) is 0. The second kappa shape index (κ2) is 13.6. The Morgan fingerprint density at radius 2 is 1.70 bits per heavy atom. The molecule has 2 saturated heterocycles. The molecular weight excluding hydrogens is 474 g/mol. The van der Waals surface area contributed by atoms with E-state index in [9.17, 15) is 14.7 Å². The molecule has 0 aromatic heterocycles. The maximum Gasteiger partial charge on any atom is 0.243 e. The first-order valence-corrected chi connectivity index (χ1v) is 13.1. The van der Waals surface area contributed by atoms with Crippen LogP contribution < -0.4 is 10.8 Å². The van der Waals surface area contributed by atoms with Crippen molar-refractivity contribution in [3.63, 3.8) is 0 Å². The van der Waals surface area contributed by atoms with Crippen molar-refractivity contribution in [1.82, 2.24) is 10.4 Å². The highest BCUT2D eigenvalue weighted by atomic mass is 16.7. The van der Waals surface area contributed by atoms with Crippen molar-refractivity contribution >= 4 is 17.5 Å². The van der Waals surface area contributed by atoms with Crippen LogP contribution >= 0.6 is 0 Å². The van der Waals surface area contributed by atoms with E-state index in [1.165, 1.54) is 19.3 Å². The largest absolute Gasteiger partial charge is 0.392 e. The summed E-state index contributed by atoms with van der Waals surface area (Å²) in [5, 5.41) is 20.9. The number of piperidine rings is 1. The van der Waals surface area contributed by atoms with Crippen LogP contribution in [0.4, 0.5) is 5.69 Å².